The first-order valence-corrected chi connectivity index (χ1v) is 7.32. The lowest BCUT2D eigenvalue weighted by molar-refractivity contribution is -0.129. The van der Waals surface area contributed by atoms with Gasteiger partial charge in [0.2, 0.25) is 5.91 Å². The monoisotopic (exact) mass is 254 g/mol. The molecule has 4 nitrogen and oxygen atoms in total. The highest BCUT2D eigenvalue weighted by Crippen LogP contribution is 2.24. The van der Waals surface area contributed by atoms with E-state index in [2.05, 4.69) is 5.32 Å². The maximum Gasteiger partial charge on any atom is 0.219 e. The summed E-state index contributed by atoms with van der Waals surface area (Å²) in [5, 5.41) is 13.3. The second-order valence-electron chi connectivity index (χ2n) is 5.88. The van der Waals surface area contributed by atoms with E-state index in [1.54, 1.807) is 6.92 Å². The van der Waals surface area contributed by atoms with E-state index in [-0.39, 0.29) is 12.0 Å². The first kappa shape index (κ1) is 13.8. The van der Waals surface area contributed by atoms with Gasteiger partial charge >= 0.3 is 0 Å². The molecular formula is C14H26N2O2. The van der Waals surface area contributed by atoms with Crippen LogP contribution < -0.4 is 5.32 Å². The van der Waals surface area contributed by atoms with Gasteiger partial charge in [-0.05, 0) is 44.6 Å². The van der Waals surface area contributed by atoms with Crippen molar-refractivity contribution in [2.75, 3.05) is 19.6 Å². The van der Waals surface area contributed by atoms with Crippen molar-refractivity contribution in [3.63, 3.8) is 0 Å². The summed E-state index contributed by atoms with van der Waals surface area (Å²) in [4.78, 5) is 13.2. The first-order chi connectivity index (χ1) is 8.65. The third-order valence-corrected chi connectivity index (χ3v) is 4.39. The minimum absolute atomic E-state index is 0.0786. The van der Waals surface area contributed by atoms with E-state index < -0.39 is 0 Å². The van der Waals surface area contributed by atoms with Crippen molar-refractivity contribution in [1.29, 1.82) is 0 Å². The Labute approximate surface area is 110 Å². The van der Waals surface area contributed by atoms with Crippen LogP contribution in [0.2, 0.25) is 0 Å². The Morgan fingerprint density at radius 2 is 2.00 bits per heavy atom. The van der Waals surface area contributed by atoms with E-state index in [0.29, 0.717) is 12.0 Å². The Hall–Kier alpha value is -0.610. The van der Waals surface area contributed by atoms with Gasteiger partial charge in [0.15, 0.2) is 0 Å². The van der Waals surface area contributed by atoms with Gasteiger partial charge in [-0.3, -0.25) is 4.79 Å². The fourth-order valence-corrected chi connectivity index (χ4v) is 3.18. The zero-order valence-corrected chi connectivity index (χ0v) is 11.4. The molecule has 0 bridgehead atoms. The molecule has 2 atom stereocenters. The van der Waals surface area contributed by atoms with Crippen molar-refractivity contribution in [3.8, 4) is 0 Å². The number of amides is 1. The molecule has 1 aliphatic heterocycles. The zero-order chi connectivity index (χ0) is 13.0. The number of hydrogen-bond acceptors (Lipinski definition) is 3. The predicted octanol–water partition coefficient (Wildman–Crippen LogP) is 1.14. The summed E-state index contributed by atoms with van der Waals surface area (Å²) in [6, 6.07) is 0.555. The summed E-state index contributed by atoms with van der Waals surface area (Å²) < 4.78 is 0. The number of aliphatic hydroxyl groups is 1. The third-order valence-electron chi connectivity index (χ3n) is 4.39. The van der Waals surface area contributed by atoms with Gasteiger partial charge in [0.1, 0.15) is 0 Å². The minimum atomic E-state index is -0.0786. The van der Waals surface area contributed by atoms with E-state index >= 15 is 0 Å². The average Bonchev–Trinajstić information content (AvgIpc) is 2.37. The van der Waals surface area contributed by atoms with Crippen LogP contribution in [0.4, 0.5) is 0 Å². The summed E-state index contributed by atoms with van der Waals surface area (Å²) in [7, 11) is 0. The van der Waals surface area contributed by atoms with Crippen molar-refractivity contribution >= 4 is 5.91 Å². The summed E-state index contributed by atoms with van der Waals surface area (Å²) in [5.74, 6) is 0.837. The Bertz CT molecular complexity index is 275. The SMILES string of the molecule is CC(=O)N1CCC(NCC2CCCC(O)C2)CC1. The number of piperidine rings is 1. The van der Waals surface area contributed by atoms with Gasteiger partial charge in [-0.25, -0.2) is 0 Å². The molecule has 1 heterocycles. The normalized spacial score (nSPS) is 30.4. The molecule has 2 aliphatic rings. The molecule has 2 fully saturated rings. The quantitative estimate of drug-likeness (QED) is 0.794. The molecule has 2 rings (SSSR count). The van der Waals surface area contributed by atoms with Crippen molar-refractivity contribution in [2.24, 2.45) is 5.92 Å². The number of aliphatic hydroxyl groups excluding tert-OH is 1. The maximum absolute atomic E-state index is 11.2. The summed E-state index contributed by atoms with van der Waals surface area (Å²) >= 11 is 0. The largest absolute Gasteiger partial charge is 0.393 e. The third kappa shape index (κ3) is 3.95. The molecule has 0 aromatic heterocycles. The lowest BCUT2D eigenvalue weighted by Gasteiger charge is -2.33. The van der Waals surface area contributed by atoms with Crippen LogP contribution in [0, 0.1) is 5.92 Å². The van der Waals surface area contributed by atoms with Crippen molar-refractivity contribution in [3.05, 3.63) is 0 Å². The molecule has 1 saturated carbocycles. The van der Waals surface area contributed by atoms with Crippen molar-refractivity contribution in [1.82, 2.24) is 10.2 Å². The second-order valence-corrected chi connectivity index (χ2v) is 5.88. The predicted molar refractivity (Wildman–Crippen MR) is 71.2 cm³/mol. The number of nitrogens with zero attached hydrogens (tertiary/aromatic N) is 1. The fraction of sp³-hybridized carbons (Fsp3) is 0.929. The number of likely N-dealkylation sites (tertiary alicyclic amines) is 1. The molecule has 0 radical (unpaired) electrons. The average molecular weight is 254 g/mol. The molecule has 104 valence electrons. The van der Waals surface area contributed by atoms with Crippen LogP contribution in [0.3, 0.4) is 0 Å². The molecule has 4 heteroatoms. The topological polar surface area (TPSA) is 52.6 Å². The number of nitrogens with one attached hydrogen (secondary N) is 1. The van der Waals surface area contributed by atoms with Crippen molar-refractivity contribution in [2.45, 2.75) is 57.6 Å². The highest BCUT2D eigenvalue weighted by atomic mass is 16.3. The molecule has 0 aromatic carbocycles. The lowest BCUT2D eigenvalue weighted by atomic mass is 9.87. The maximum atomic E-state index is 11.2. The molecule has 1 saturated heterocycles. The summed E-state index contributed by atoms with van der Waals surface area (Å²) in [5.41, 5.74) is 0. The van der Waals surface area contributed by atoms with Crippen LogP contribution in [0.5, 0.6) is 0 Å². The van der Waals surface area contributed by atoms with Gasteiger partial charge in [0.25, 0.3) is 0 Å². The van der Waals surface area contributed by atoms with E-state index in [1.807, 2.05) is 4.90 Å². The van der Waals surface area contributed by atoms with Crippen LogP contribution in [-0.2, 0) is 4.79 Å². The van der Waals surface area contributed by atoms with E-state index in [1.165, 1.54) is 6.42 Å². The Kier molecular flexibility index (Phi) is 5.01. The van der Waals surface area contributed by atoms with Crippen LogP contribution in [-0.4, -0.2) is 47.7 Å². The van der Waals surface area contributed by atoms with Gasteiger partial charge in [0, 0.05) is 26.1 Å². The van der Waals surface area contributed by atoms with E-state index in [9.17, 15) is 9.90 Å². The number of carbonyl (C=O) groups is 1. The first-order valence-electron chi connectivity index (χ1n) is 7.32. The summed E-state index contributed by atoms with van der Waals surface area (Å²) in [6.45, 7) is 4.46. The minimum Gasteiger partial charge on any atom is -0.393 e. The highest BCUT2D eigenvalue weighted by Gasteiger charge is 2.23. The number of rotatable bonds is 3. The molecule has 1 amide bonds. The van der Waals surface area contributed by atoms with Crippen LogP contribution >= 0.6 is 0 Å². The van der Waals surface area contributed by atoms with Gasteiger partial charge < -0.3 is 15.3 Å². The Morgan fingerprint density at radius 3 is 2.61 bits per heavy atom. The number of carbonyl (C=O) groups excluding carboxylic acids is 1. The zero-order valence-electron chi connectivity index (χ0n) is 11.4. The number of hydrogen-bond donors (Lipinski definition) is 2. The molecule has 0 spiro atoms. The second kappa shape index (κ2) is 6.53. The van der Waals surface area contributed by atoms with Gasteiger partial charge in [-0.1, -0.05) is 6.42 Å². The lowest BCUT2D eigenvalue weighted by Crippen LogP contribution is -2.45. The van der Waals surface area contributed by atoms with E-state index in [0.717, 1.165) is 51.7 Å². The molecule has 18 heavy (non-hydrogen) atoms. The fourth-order valence-electron chi connectivity index (χ4n) is 3.18. The standard InChI is InChI=1S/C14H26N2O2/c1-11(17)16-7-5-13(6-8-16)15-10-12-3-2-4-14(18)9-12/h12-15,18H,2-10H2,1H3. The molecule has 2 unspecified atom stereocenters. The Morgan fingerprint density at radius 1 is 1.28 bits per heavy atom. The molecule has 1 aliphatic carbocycles. The highest BCUT2D eigenvalue weighted by molar-refractivity contribution is 5.73. The summed E-state index contributed by atoms with van der Waals surface area (Å²) in [6.07, 6.45) is 6.40. The van der Waals surface area contributed by atoms with Crippen LogP contribution in [0.15, 0.2) is 0 Å². The van der Waals surface area contributed by atoms with Gasteiger partial charge in [-0.15, -0.1) is 0 Å². The molecule has 0 aromatic rings. The van der Waals surface area contributed by atoms with E-state index in [4.69, 9.17) is 0 Å². The molecule has 2 N–H and O–H groups in total. The molecular weight excluding hydrogens is 228 g/mol. The Balaban J connectivity index is 1.64. The van der Waals surface area contributed by atoms with Gasteiger partial charge in [-0.2, -0.15) is 0 Å². The van der Waals surface area contributed by atoms with Crippen LogP contribution in [0.25, 0.3) is 0 Å². The van der Waals surface area contributed by atoms with Crippen molar-refractivity contribution < 1.29 is 9.90 Å². The van der Waals surface area contributed by atoms with Gasteiger partial charge in [0.05, 0.1) is 6.10 Å². The van der Waals surface area contributed by atoms with Crippen LogP contribution in [0.1, 0.15) is 45.4 Å². The smallest absolute Gasteiger partial charge is 0.219 e.